The minimum absolute atomic E-state index is 0.108. The number of benzene rings is 2. The van der Waals surface area contributed by atoms with E-state index in [2.05, 4.69) is 35.0 Å². The summed E-state index contributed by atoms with van der Waals surface area (Å²) in [4.78, 5) is 11.1. The Morgan fingerprint density at radius 3 is 2.36 bits per heavy atom. The number of amides is 1. The summed E-state index contributed by atoms with van der Waals surface area (Å²) in [6, 6.07) is 13.5. The highest BCUT2D eigenvalue weighted by atomic mass is 32.1. The maximum absolute atomic E-state index is 11.1. The molecule has 0 bridgehead atoms. The van der Waals surface area contributed by atoms with E-state index >= 15 is 0 Å². The van der Waals surface area contributed by atoms with Gasteiger partial charge in [0, 0.05) is 18.3 Å². The second kappa shape index (κ2) is 8.39. The first-order valence-corrected chi connectivity index (χ1v) is 8.32. The average Bonchev–Trinajstić information content (AvgIpc) is 2.55. The third-order valence-corrected chi connectivity index (χ3v) is 3.88. The number of nitrogens with one attached hydrogen (secondary N) is 3. The first kappa shape index (κ1) is 18.6. The summed E-state index contributed by atoms with van der Waals surface area (Å²) in [5.41, 5.74) is 8.58. The van der Waals surface area contributed by atoms with Gasteiger partial charge in [-0.2, -0.15) is 5.10 Å². The molecule has 2 rings (SSSR count). The Labute approximate surface area is 153 Å². The lowest BCUT2D eigenvalue weighted by atomic mass is 10.1. The Morgan fingerprint density at radius 2 is 1.68 bits per heavy atom. The van der Waals surface area contributed by atoms with Crippen molar-refractivity contribution in [2.75, 3.05) is 10.6 Å². The van der Waals surface area contributed by atoms with Crippen LogP contribution in [0, 0.1) is 13.8 Å². The van der Waals surface area contributed by atoms with Crippen molar-refractivity contribution in [1.29, 1.82) is 0 Å². The molecule has 0 aliphatic carbocycles. The molecule has 0 heterocycles. The Morgan fingerprint density at radius 1 is 0.960 bits per heavy atom. The minimum atomic E-state index is -0.108. The molecule has 6 heteroatoms. The van der Waals surface area contributed by atoms with Crippen molar-refractivity contribution in [3.63, 3.8) is 0 Å². The molecule has 0 unspecified atom stereocenters. The van der Waals surface area contributed by atoms with Crippen molar-refractivity contribution in [1.82, 2.24) is 5.43 Å². The Hall–Kier alpha value is -2.73. The van der Waals surface area contributed by atoms with Crippen LogP contribution in [-0.4, -0.2) is 16.7 Å². The molecule has 1 amide bonds. The number of hydrogen-bond acceptors (Lipinski definition) is 3. The van der Waals surface area contributed by atoms with Crippen molar-refractivity contribution < 1.29 is 4.79 Å². The molecular formula is C19H22N4OS. The molecule has 0 fully saturated rings. The van der Waals surface area contributed by atoms with E-state index in [-0.39, 0.29) is 5.91 Å². The van der Waals surface area contributed by atoms with E-state index in [9.17, 15) is 4.79 Å². The zero-order valence-electron chi connectivity index (χ0n) is 14.8. The van der Waals surface area contributed by atoms with Crippen LogP contribution in [-0.2, 0) is 4.79 Å². The molecule has 5 nitrogen and oxygen atoms in total. The van der Waals surface area contributed by atoms with Crippen molar-refractivity contribution >= 4 is 40.3 Å². The molecule has 2 aromatic rings. The number of rotatable bonds is 4. The Kier molecular flexibility index (Phi) is 6.25. The lowest BCUT2D eigenvalue weighted by Gasteiger charge is -2.10. The van der Waals surface area contributed by atoms with Gasteiger partial charge in [-0.05, 0) is 73.9 Å². The summed E-state index contributed by atoms with van der Waals surface area (Å²) in [7, 11) is 0. The van der Waals surface area contributed by atoms with Crippen LogP contribution in [0.5, 0.6) is 0 Å². The predicted molar refractivity (Wildman–Crippen MR) is 108 cm³/mol. The number of thiocarbonyl (C=S) groups is 1. The van der Waals surface area contributed by atoms with E-state index in [0.717, 1.165) is 22.6 Å². The number of aryl methyl sites for hydroxylation is 2. The maximum atomic E-state index is 11.1. The summed E-state index contributed by atoms with van der Waals surface area (Å²) < 4.78 is 0. The van der Waals surface area contributed by atoms with Crippen LogP contribution in [0.4, 0.5) is 11.4 Å². The molecule has 25 heavy (non-hydrogen) atoms. The molecular weight excluding hydrogens is 332 g/mol. The summed E-state index contributed by atoms with van der Waals surface area (Å²) in [6.07, 6.45) is 0. The summed E-state index contributed by atoms with van der Waals surface area (Å²) in [5.74, 6) is -0.108. The van der Waals surface area contributed by atoms with Crippen LogP contribution < -0.4 is 16.1 Å². The van der Waals surface area contributed by atoms with Crippen molar-refractivity contribution in [2.45, 2.75) is 27.7 Å². The fourth-order valence-electron chi connectivity index (χ4n) is 2.20. The number of hydrazone groups is 1. The van der Waals surface area contributed by atoms with Gasteiger partial charge in [-0.25, -0.2) is 0 Å². The molecule has 0 radical (unpaired) electrons. The minimum Gasteiger partial charge on any atom is -0.331 e. The van der Waals surface area contributed by atoms with Gasteiger partial charge in [0.15, 0.2) is 5.11 Å². The average molecular weight is 354 g/mol. The van der Waals surface area contributed by atoms with Gasteiger partial charge < -0.3 is 10.6 Å². The molecule has 0 saturated carbocycles. The van der Waals surface area contributed by atoms with Crippen LogP contribution in [0.3, 0.4) is 0 Å². The summed E-state index contributed by atoms with van der Waals surface area (Å²) in [5, 5.41) is 10.6. The standard InChI is InChI=1S/C19H22N4OS/c1-12-8-9-18(10-13(12)2)21-19(25)23-22-14(3)16-6-5-7-17(11-16)20-15(4)24/h5-11H,1-4H3,(H,20,24)(H2,21,23,25)/b22-14+. The van der Waals surface area contributed by atoms with Gasteiger partial charge in [0.1, 0.15) is 0 Å². The molecule has 3 N–H and O–H groups in total. The van der Waals surface area contributed by atoms with Crippen molar-refractivity contribution in [3.05, 3.63) is 59.2 Å². The van der Waals surface area contributed by atoms with Crippen LogP contribution in [0.2, 0.25) is 0 Å². The van der Waals surface area contributed by atoms with E-state index in [1.54, 1.807) is 0 Å². The second-order valence-electron chi connectivity index (χ2n) is 5.82. The van der Waals surface area contributed by atoms with E-state index in [1.807, 2.05) is 49.4 Å². The SMILES string of the molecule is CC(=O)Nc1cccc(/C(C)=N/NC(=S)Nc2ccc(C)c(C)c2)c1. The van der Waals surface area contributed by atoms with Gasteiger partial charge >= 0.3 is 0 Å². The van der Waals surface area contributed by atoms with E-state index < -0.39 is 0 Å². The zero-order chi connectivity index (χ0) is 18.4. The van der Waals surface area contributed by atoms with Crippen LogP contribution in [0.1, 0.15) is 30.5 Å². The second-order valence-corrected chi connectivity index (χ2v) is 6.23. The van der Waals surface area contributed by atoms with E-state index in [0.29, 0.717) is 5.11 Å². The third kappa shape index (κ3) is 5.69. The highest BCUT2D eigenvalue weighted by molar-refractivity contribution is 7.80. The Balaban J connectivity index is 2.01. The van der Waals surface area contributed by atoms with Crippen LogP contribution in [0.25, 0.3) is 0 Å². The monoisotopic (exact) mass is 354 g/mol. The Bertz CT molecular complexity index is 830. The van der Waals surface area contributed by atoms with Crippen molar-refractivity contribution in [3.8, 4) is 0 Å². The van der Waals surface area contributed by atoms with Crippen LogP contribution in [0.15, 0.2) is 47.6 Å². The van der Waals surface area contributed by atoms with Gasteiger partial charge in [-0.3, -0.25) is 10.2 Å². The highest BCUT2D eigenvalue weighted by Gasteiger charge is 2.02. The molecule has 0 spiro atoms. The number of carbonyl (C=O) groups excluding carboxylic acids is 1. The molecule has 0 aliphatic rings. The fraction of sp³-hybridized carbons (Fsp3) is 0.211. The molecule has 2 aromatic carbocycles. The first-order chi connectivity index (χ1) is 11.8. The highest BCUT2D eigenvalue weighted by Crippen LogP contribution is 2.14. The zero-order valence-corrected chi connectivity index (χ0v) is 15.6. The third-order valence-electron chi connectivity index (χ3n) is 3.69. The quantitative estimate of drug-likeness (QED) is 0.441. The van der Waals surface area contributed by atoms with Gasteiger partial charge in [0.05, 0.1) is 5.71 Å². The number of anilines is 2. The summed E-state index contributed by atoms with van der Waals surface area (Å²) in [6.45, 7) is 7.48. The lowest BCUT2D eigenvalue weighted by Crippen LogP contribution is -2.25. The van der Waals surface area contributed by atoms with E-state index in [1.165, 1.54) is 18.1 Å². The number of nitrogens with zero attached hydrogens (tertiary/aromatic N) is 1. The summed E-state index contributed by atoms with van der Waals surface area (Å²) >= 11 is 5.28. The van der Waals surface area contributed by atoms with Gasteiger partial charge in [-0.1, -0.05) is 18.2 Å². The maximum Gasteiger partial charge on any atom is 0.221 e. The molecule has 130 valence electrons. The first-order valence-electron chi connectivity index (χ1n) is 7.91. The predicted octanol–water partition coefficient (Wildman–Crippen LogP) is 3.97. The van der Waals surface area contributed by atoms with Gasteiger partial charge in [-0.15, -0.1) is 0 Å². The van der Waals surface area contributed by atoms with Crippen molar-refractivity contribution in [2.24, 2.45) is 5.10 Å². The van der Waals surface area contributed by atoms with Crippen LogP contribution >= 0.6 is 12.2 Å². The smallest absolute Gasteiger partial charge is 0.221 e. The fourth-order valence-corrected chi connectivity index (χ4v) is 2.37. The number of carbonyl (C=O) groups is 1. The van der Waals surface area contributed by atoms with E-state index in [4.69, 9.17) is 12.2 Å². The molecule has 0 aromatic heterocycles. The normalized spacial score (nSPS) is 11.0. The lowest BCUT2D eigenvalue weighted by molar-refractivity contribution is -0.114. The molecule has 0 atom stereocenters. The molecule has 0 aliphatic heterocycles. The topological polar surface area (TPSA) is 65.5 Å². The van der Waals surface area contributed by atoms with Gasteiger partial charge in [0.2, 0.25) is 5.91 Å². The van der Waals surface area contributed by atoms with Gasteiger partial charge in [0.25, 0.3) is 0 Å². The number of hydrogen-bond donors (Lipinski definition) is 3. The molecule has 0 saturated heterocycles. The largest absolute Gasteiger partial charge is 0.331 e.